The molecule has 1 atom stereocenters. The van der Waals surface area contributed by atoms with E-state index in [0.717, 1.165) is 6.42 Å². The first-order valence-corrected chi connectivity index (χ1v) is 4.95. The Morgan fingerprint density at radius 2 is 2.13 bits per heavy atom. The second-order valence-corrected chi connectivity index (χ2v) is 4.12. The highest BCUT2D eigenvalue weighted by atomic mass is 15.3. The van der Waals surface area contributed by atoms with Gasteiger partial charge in [-0.1, -0.05) is 13.8 Å². The van der Waals surface area contributed by atoms with Crippen LogP contribution in [0.3, 0.4) is 0 Å². The molecule has 0 unspecified atom stereocenters. The smallest absolute Gasteiger partial charge is 0.139 e. The van der Waals surface area contributed by atoms with Gasteiger partial charge in [0.15, 0.2) is 0 Å². The minimum atomic E-state index is -0.219. The molecule has 0 aliphatic heterocycles. The van der Waals surface area contributed by atoms with Gasteiger partial charge >= 0.3 is 0 Å². The number of aryl methyl sites for hydroxylation is 1. The van der Waals surface area contributed by atoms with Gasteiger partial charge < -0.3 is 11.5 Å². The van der Waals surface area contributed by atoms with E-state index in [-0.39, 0.29) is 6.04 Å². The Morgan fingerprint density at radius 1 is 1.53 bits per heavy atom. The van der Waals surface area contributed by atoms with E-state index in [0.29, 0.717) is 23.0 Å². The summed E-state index contributed by atoms with van der Waals surface area (Å²) in [6, 6.07) is 1.83. The first-order chi connectivity index (χ1) is 6.97. The van der Waals surface area contributed by atoms with Crippen molar-refractivity contribution in [1.82, 2.24) is 9.78 Å². The Balaban J connectivity index is 3.04. The average Bonchev–Trinajstić information content (AvgIpc) is 2.42. The van der Waals surface area contributed by atoms with E-state index in [9.17, 15) is 0 Å². The number of nitrogens with two attached hydrogens (primary N) is 2. The lowest BCUT2D eigenvalue weighted by Crippen LogP contribution is -2.15. The molecule has 0 radical (unpaired) electrons. The molecule has 1 rings (SSSR count). The fourth-order valence-corrected chi connectivity index (χ4v) is 1.55. The van der Waals surface area contributed by atoms with Crippen molar-refractivity contribution in [3.63, 3.8) is 0 Å². The van der Waals surface area contributed by atoms with E-state index >= 15 is 0 Å². The van der Waals surface area contributed by atoms with Crippen molar-refractivity contribution >= 4 is 5.82 Å². The quantitative estimate of drug-likeness (QED) is 0.770. The molecule has 15 heavy (non-hydrogen) atoms. The summed E-state index contributed by atoms with van der Waals surface area (Å²) >= 11 is 0. The van der Waals surface area contributed by atoms with Gasteiger partial charge in [-0.15, -0.1) is 0 Å². The molecular weight excluding hydrogens is 190 g/mol. The Morgan fingerprint density at radius 3 is 2.60 bits per heavy atom. The van der Waals surface area contributed by atoms with E-state index < -0.39 is 0 Å². The molecule has 0 saturated heterocycles. The predicted octanol–water partition coefficient (Wildman–Crippen LogP) is 0.920. The number of nitrogens with zero attached hydrogens (tertiary/aromatic N) is 3. The fraction of sp³-hybridized carbons (Fsp3) is 0.600. The van der Waals surface area contributed by atoms with Gasteiger partial charge in [0.25, 0.3) is 0 Å². The zero-order valence-corrected chi connectivity index (χ0v) is 9.36. The van der Waals surface area contributed by atoms with Crippen molar-refractivity contribution in [3.05, 3.63) is 11.3 Å². The van der Waals surface area contributed by atoms with Gasteiger partial charge in [0.1, 0.15) is 17.5 Å². The molecule has 5 nitrogen and oxygen atoms in total. The third-order valence-electron chi connectivity index (χ3n) is 2.31. The molecule has 5 heteroatoms. The van der Waals surface area contributed by atoms with Gasteiger partial charge in [0.2, 0.25) is 0 Å². The minimum absolute atomic E-state index is 0.219. The molecule has 4 N–H and O–H groups in total. The maximum Gasteiger partial charge on any atom is 0.139 e. The molecule has 1 heterocycles. The number of hydrogen-bond acceptors (Lipinski definition) is 4. The lowest BCUT2D eigenvalue weighted by atomic mass is 10.00. The van der Waals surface area contributed by atoms with E-state index in [1.54, 1.807) is 7.05 Å². The van der Waals surface area contributed by atoms with Gasteiger partial charge in [-0.05, 0) is 12.3 Å². The predicted molar refractivity (Wildman–Crippen MR) is 58.7 cm³/mol. The van der Waals surface area contributed by atoms with Crippen molar-refractivity contribution in [1.29, 1.82) is 5.26 Å². The zero-order valence-electron chi connectivity index (χ0n) is 9.36. The molecule has 0 aliphatic carbocycles. The van der Waals surface area contributed by atoms with Crippen LogP contribution in [-0.4, -0.2) is 9.78 Å². The highest BCUT2D eigenvalue weighted by molar-refractivity contribution is 5.52. The van der Waals surface area contributed by atoms with E-state index in [2.05, 4.69) is 25.0 Å². The van der Waals surface area contributed by atoms with Crippen LogP contribution in [0.4, 0.5) is 5.82 Å². The highest BCUT2D eigenvalue weighted by Crippen LogP contribution is 2.24. The van der Waals surface area contributed by atoms with Crippen LogP contribution in [0.25, 0.3) is 0 Å². The van der Waals surface area contributed by atoms with Gasteiger partial charge in [-0.25, -0.2) is 0 Å². The number of nitriles is 1. The van der Waals surface area contributed by atoms with Crippen molar-refractivity contribution in [2.24, 2.45) is 18.7 Å². The first kappa shape index (κ1) is 11.5. The molecule has 0 saturated carbocycles. The van der Waals surface area contributed by atoms with Crippen LogP contribution in [0.5, 0.6) is 0 Å². The number of aromatic nitrogens is 2. The summed E-state index contributed by atoms with van der Waals surface area (Å²) in [7, 11) is 1.71. The average molecular weight is 207 g/mol. The third kappa shape index (κ3) is 2.28. The van der Waals surface area contributed by atoms with Crippen molar-refractivity contribution in [2.75, 3.05) is 5.73 Å². The Bertz CT molecular complexity index is 385. The summed E-state index contributed by atoms with van der Waals surface area (Å²) in [5.74, 6) is 0.849. The SMILES string of the molecule is CC(C)C[C@@H](N)c1nn(C)c(N)c1C#N. The van der Waals surface area contributed by atoms with Crippen LogP contribution in [0.1, 0.15) is 37.6 Å². The maximum absolute atomic E-state index is 8.96. The number of nitrogen functional groups attached to an aromatic ring is 1. The van der Waals surface area contributed by atoms with Crippen LogP contribution in [-0.2, 0) is 7.05 Å². The summed E-state index contributed by atoms with van der Waals surface area (Å²) in [6.07, 6.45) is 0.797. The van der Waals surface area contributed by atoms with Gasteiger partial charge in [-0.2, -0.15) is 10.4 Å². The van der Waals surface area contributed by atoms with Crippen molar-refractivity contribution in [2.45, 2.75) is 26.3 Å². The summed E-state index contributed by atoms with van der Waals surface area (Å²) in [6.45, 7) is 4.16. The van der Waals surface area contributed by atoms with Crippen LogP contribution in [0.15, 0.2) is 0 Å². The highest BCUT2D eigenvalue weighted by Gasteiger charge is 2.19. The Kier molecular flexibility index (Phi) is 3.32. The minimum Gasteiger partial charge on any atom is -0.383 e. The lowest BCUT2D eigenvalue weighted by Gasteiger charge is -2.11. The topological polar surface area (TPSA) is 93.7 Å². The second kappa shape index (κ2) is 4.32. The van der Waals surface area contributed by atoms with E-state index in [1.165, 1.54) is 4.68 Å². The molecule has 1 aromatic rings. The molecule has 0 spiro atoms. The molecule has 0 fully saturated rings. The molecule has 0 bridgehead atoms. The van der Waals surface area contributed by atoms with Crippen molar-refractivity contribution < 1.29 is 0 Å². The van der Waals surface area contributed by atoms with Gasteiger partial charge in [0, 0.05) is 7.05 Å². The lowest BCUT2D eigenvalue weighted by molar-refractivity contribution is 0.497. The second-order valence-electron chi connectivity index (χ2n) is 4.12. The summed E-state index contributed by atoms with van der Waals surface area (Å²) < 4.78 is 1.49. The maximum atomic E-state index is 8.96. The molecule has 82 valence electrons. The standard InChI is InChI=1S/C10H17N5/c1-6(2)4-8(12)9-7(5-11)10(13)15(3)14-9/h6,8H,4,12-13H2,1-3H3/t8-/m1/s1. The van der Waals surface area contributed by atoms with Crippen LogP contribution in [0, 0.1) is 17.2 Å². The first-order valence-electron chi connectivity index (χ1n) is 4.95. The zero-order chi connectivity index (χ0) is 11.6. The Labute approximate surface area is 89.7 Å². The third-order valence-corrected chi connectivity index (χ3v) is 2.31. The summed E-state index contributed by atoms with van der Waals surface area (Å²) in [5.41, 5.74) is 12.7. The van der Waals surface area contributed by atoms with E-state index in [1.807, 2.05) is 0 Å². The molecule has 0 amide bonds. The van der Waals surface area contributed by atoms with Gasteiger partial charge in [-0.3, -0.25) is 4.68 Å². The molecular formula is C10H17N5. The van der Waals surface area contributed by atoms with Crippen molar-refractivity contribution in [3.8, 4) is 6.07 Å². The molecule has 0 aliphatic rings. The molecule has 0 aromatic carbocycles. The molecule has 1 aromatic heterocycles. The summed E-state index contributed by atoms with van der Waals surface area (Å²) in [5, 5.41) is 13.1. The number of rotatable bonds is 3. The monoisotopic (exact) mass is 207 g/mol. The summed E-state index contributed by atoms with van der Waals surface area (Å²) in [4.78, 5) is 0. The largest absolute Gasteiger partial charge is 0.383 e. The van der Waals surface area contributed by atoms with Crippen LogP contribution >= 0.6 is 0 Å². The fourth-order valence-electron chi connectivity index (χ4n) is 1.55. The number of anilines is 1. The Hall–Kier alpha value is -1.54. The normalized spacial score (nSPS) is 12.8. The van der Waals surface area contributed by atoms with E-state index in [4.69, 9.17) is 16.7 Å². The number of hydrogen-bond donors (Lipinski definition) is 2. The van der Waals surface area contributed by atoms with Gasteiger partial charge in [0.05, 0.1) is 11.7 Å². The van der Waals surface area contributed by atoms with Crippen LogP contribution < -0.4 is 11.5 Å². The van der Waals surface area contributed by atoms with Crippen LogP contribution in [0.2, 0.25) is 0 Å².